The number of benzene rings is 1. The Morgan fingerprint density at radius 2 is 2.27 bits per heavy atom. The van der Waals surface area contributed by atoms with E-state index in [0.29, 0.717) is 12.3 Å². The second kappa shape index (κ2) is 3.95. The van der Waals surface area contributed by atoms with Crippen LogP contribution in [0.2, 0.25) is 0 Å². The molecule has 0 saturated heterocycles. The Morgan fingerprint density at radius 1 is 1.47 bits per heavy atom. The topological polar surface area (TPSA) is 49.5 Å². The molecule has 0 spiro atoms. The van der Waals surface area contributed by atoms with Crippen LogP contribution >= 0.6 is 0 Å². The first-order valence-electron chi connectivity index (χ1n) is 5.15. The normalized spacial score (nSPS) is 14.8. The monoisotopic (exact) mass is 204 g/mol. The molecule has 0 fully saturated rings. The fraction of sp³-hybridized carbons (Fsp3) is 0.333. The Morgan fingerprint density at radius 3 is 3.00 bits per heavy atom. The molecule has 15 heavy (non-hydrogen) atoms. The molecule has 1 aliphatic rings. The van der Waals surface area contributed by atoms with Crippen LogP contribution in [0.4, 0.5) is 5.69 Å². The minimum absolute atomic E-state index is 0.330. The average molecular weight is 204 g/mol. The van der Waals surface area contributed by atoms with E-state index in [-0.39, 0.29) is 0 Å². The zero-order valence-electron chi connectivity index (χ0n) is 8.90. The van der Waals surface area contributed by atoms with Gasteiger partial charge in [-0.15, -0.1) is 0 Å². The van der Waals surface area contributed by atoms with Crippen LogP contribution in [-0.2, 0) is 6.42 Å². The maximum Gasteiger partial charge on any atom is 0.116 e. The Kier molecular flexibility index (Phi) is 2.64. The van der Waals surface area contributed by atoms with Gasteiger partial charge in [-0.05, 0) is 48.7 Å². The van der Waals surface area contributed by atoms with Gasteiger partial charge in [0, 0.05) is 18.9 Å². The molecule has 1 aliphatic heterocycles. The molecule has 1 heterocycles. The first-order chi connectivity index (χ1) is 7.20. The zero-order chi connectivity index (χ0) is 10.8. The van der Waals surface area contributed by atoms with Gasteiger partial charge in [0.05, 0.1) is 0 Å². The van der Waals surface area contributed by atoms with Crippen molar-refractivity contribution in [3.8, 4) is 5.75 Å². The van der Waals surface area contributed by atoms with E-state index >= 15 is 0 Å². The van der Waals surface area contributed by atoms with Crippen molar-refractivity contribution < 1.29 is 5.11 Å². The van der Waals surface area contributed by atoms with E-state index in [9.17, 15) is 5.11 Å². The van der Waals surface area contributed by atoms with Gasteiger partial charge in [-0.25, -0.2) is 0 Å². The van der Waals surface area contributed by atoms with Crippen molar-refractivity contribution in [3.63, 3.8) is 0 Å². The number of fused-ring (bicyclic) bond motifs is 1. The van der Waals surface area contributed by atoms with Crippen LogP contribution in [-0.4, -0.2) is 18.7 Å². The maximum atomic E-state index is 9.43. The third-order valence-electron chi connectivity index (χ3n) is 2.70. The summed E-state index contributed by atoms with van der Waals surface area (Å²) in [5, 5.41) is 9.43. The molecule has 2 rings (SSSR count). The van der Waals surface area contributed by atoms with Crippen molar-refractivity contribution in [1.82, 2.24) is 0 Å². The molecule has 0 bridgehead atoms. The summed E-state index contributed by atoms with van der Waals surface area (Å²) in [6.07, 6.45) is 3.94. The number of nitrogens with zero attached hydrogens (tertiary/aromatic N) is 1. The van der Waals surface area contributed by atoms with E-state index < -0.39 is 0 Å². The van der Waals surface area contributed by atoms with Gasteiger partial charge < -0.3 is 15.7 Å². The highest BCUT2D eigenvalue weighted by atomic mass is 16.3. The van der Waals surface area contributed by atoms with Crippen LogP contribution in [0.5, 0.6) is 5.75 Å². The number of anilines is 1. The highest BCUT2D eigenvalue weighted by Crippen LogP contribution is 2.31. The van der Waals surface area contributed by atoms with Gasteiger partial charge in [0.25, 0.3) is 0 Å². The molecule has 0 aromatic heterocycles. The van der Waals surface area contributed by atoms with E-state index in [2.05, 4.69) is 11.1 Å². The summed E-state index contributed by atoms with van der Waals surface area (Å²) in [6, 6.07) is 5.49. The molecule has 3 N–H and O–H groups in total. The standard InChI is InChI=1S/C12H16N2O/c1-14-8-9(4-5-13)6-10-7-11(15)2-3-12(10)14/h2-3,7-8,15H,4-6,13H2,1H3. The van der Waals surface area contributed by atoms with Crippen LogP contribution in [0, 0.1) is 0 Å². The predicted molar refractivity (Wildman–Crippen MR) is 62.0 cm³/mol. The third kappa shape index (κ3) is 1.97. The van der Waals surface area contributed by atoms with E-state index in [1.165, 1.54) is 11.1 Å². The summed E-state index contributed by atoms with van der Waals surface area (Å²) >= 11 is 0. The van der Waals surface area contributed by atoms with E-state index in [1.807, 2.05) is 19.2 Å². The lowest BCUT2D eigenvalue weighted by atomic mass is 9.97. The number of rotatable bonds is 2. The van der Waals surface area contributed by atoms with Crippen molar-refractivity contribution in [2.24, 2.45) is 5.73 Å². The Bertz CT molecular complexity index is 399. The molecular weight excluding hydrogens is 188 g/mol. The number of hydrogen-bond acceptors (Lipinski definition) is 3. The lowest BCUT2D eigenvalue weighted by Gasteiger charge is -2.26. The number of phenolic OH excluding ortho intramolecular Hbond substituents is 1. The SMILES string of the molecule is CN1C=C(CCN)Cc2cc(O)ccc21. The molecule has 0 unspecified atom stereocenters. The van der Waals surface area contributed by atoms with Crippen LogP contribution in [0.3, 0.4) is 0 Å². The molecule has 0 saturated carbocycles. The fourth-order valence-electron chi connectivity index (χ4n) is 2.03. The predicted octanol–water partition coefficient (Wildman–Crippen LogP) is 1.62. The molecule has 3 nitrogen and oxygen atoms in total. The van der Waals surface area contributed by atoms with Gasteiger partial charge >= 0.3 is 0 Å². The molecule has 0 atom stereocenters. The largest absolute Gasteiger partial charge is 0.508 e. The second-order valence-electron chi connectivity index (χ2n) is 3.93. The Hall–Kier alpha value is -1.48. The van der Waals surface area contributed by atoms with Gasteiger partial charge in [0.2, 0.25) is 0 Å². The van der Waals surface area contributed by atoms with Gasteiger partial charge in [-0.1, -0.05) is 0 Å². The van der Waals surface area contributed by atoms with Crippen LogP contribution in [0.15, 0.2) is 30.0 Å². The highest BCUT2D eigenvalue weighted by molar-refractivity contribution is 5.61. The minimum Gasteiger partial charge on any atom is -0.508 e. The summed E-state index contributed by atoms with van der Waals surface area (Å²) < 4.78 is 0. The van der Waals surface area contributed by atoms with Crippen molar-refractivity contribution in [2.45, 2.75) is 12.8 Å². The molecule has 80 valence electrons. The Labute approximate surface area is 89.8 Å². The first kappa shape index (κ1) is 10.1. The quantitative estimate of drug-likeness (QED) is 0.769. The molecule has 1 aromatic carbocycles. The van der Waals surface area contributed by atoms with E-state index in [1.54, 1.807) is 6.07 Å². The first-order valence-corrected chi connectivity index (χ1v) is 5.15. The van der Waals surface area contributed by atoms with Gasteiger partial charge in [0.1, 0.15) is 5.75 Å². The average Bonchev–Trinajstić information content (AvgIpc) is 2.17. The molecular formula is C12H16N2O. The molecule has 0 aliphatic carbocycles. The smallest absolute Gasteiger partial charge is 0.116 e. The lowest BCUT2D eigenvalue weighted by Crippen LogP contribution is -2.18. The van der Waals surface area contributed by atoms with Crippen LogP contribution in [0.25, 0.3) is 0 Å². The van der Waals surface area contributed by atoms with Crippen molar-refractivity contribution in [3.05, 3.63) is 35.5 Å². The van der Waals surface area contributed by atoms with Crippen LogP contribution < -0.4 is 10.6 Å². The highest BCUT2D eigenvalue weighted by Gasteiger charge is 2.14. The van der Waals surface area contributed by atoms with Crippen LogP contribution in [0.1, 0.15) is 12.0 Å². The van der Waals surface area contributed by atoms with Gasteiger partial charge in [-0.2, -0.15) is 0 Å². The van der Waals surface area contributed by atoms with Crippen molar-refractivity contribution >= 4 is 5.69 Å². The fourth-order valence-corrected chi connectivity index (χ4v) is 2.03. The number of hydrogen-bond donors (Lipinski definition) is 2. The van der Waals surface area contributed by atoms with Gasteiger partial charge in [0.15, 0.2) is 0 Å². The third-order valence-corrected chi connectivity index (χ3v) is 2.70. The van der Waals surface area contributed by atoms with Gasteiger partial charge in [-0.3, -0.25) is 0 Å². The number of nitrogens with two attached hydrogens (primary N) is 1. The zero-order valence-corrected chi connectivity index (χ0v) is 8.90. The summed E-state index contributed by atoms with van der Waals surface area (Å²) in [4.78, 5) is 2.09. The summed E-state index contributed by atoms with van der Waals surface area (Å²) in [5.74, 6) is 0.330. The number of aromatic hydroxyl groups is 1. The van der Waals surface area contributed by atoms with Crippen molar-refractivity contribution in [1.29, 1.82) is 0 Å². The lowest BCUT2D eigenvalue weighted by molar-refractivity contribution is 0.474. The minimum atomic E-state index is 0.330. The molecule has 0 radical (unpaired) electrons. The van der Waals surface area contributed by atoms with E-state index in [4.69, 9.17) is 5.73 Å². The Balaban J connectivity index is 2.32. The second-order valence-corrected chi connectivity index (χ2v) is 3.93. The molecule has 1 aromatic rings. The molecule has 0 amide bonds. The molecule has 3 heteroatoms. The number of phenols is 1. The van der Waals surface area contributed by atoms with Crippen molar-refractivity contribution in [2.75, 3.05) is 18.5 Å². The summed E-state index contributed by atoms with van der Waals surface area (Å²) in [5.41, 5.74) is 9.19. The maximum absolute atomic E-state index is 9.43. The summed E-state index contributed by atoms with van der Waals surface area (Å²) in [6.45, 7) is 0.674. The summed E-state index contributed by atoms with van der Waals surface area (Å²) in [7, 11) is 2.02. The van der Waals surface area contributed by atoms with E-state index in [0.717, 1.165) is 18.5 Å².